The normalized spacial score (nSPS) is 15.9. The summed E-state index contributed by atoms with van der Waals surface area (Å²) in [5.41, 5.74) is 3.97. The highest BCUT2D eigenvalue weighted by molar-refractivity contribution is 7.11. The molecule has 4 rings (SSSR count). The van der Waals surface area contributed by atoms with Gasteiger partial charge in [-0.1, -0.05) is 30.3 Å². The Hall–Kier alpha value is -2.79. The Morgan fingerprint density at radius 1 is 1.04 bits per heavy atom. The molecule has 1 aliphatic heterocycles. The summed E-state index contributed by atoms with van der Waals surface area (Å²) in [6.45, 7) is 0. The lowest BCUT2D eigenvalue weighted by Crippen LogP contribution is -2.22. The van der Waals surface area contributed by atoms with Gasteiger partial charge in [-0.2, -0.15) is 0 Å². The number of carbonyl (C=O) groups is 1. The molecule has 0 unspecified atom stereocenters. The maximum atomic E-state index is 12.4. The van der Waals surface area contributed by atoms with Crippen molar-refractivity contribution in [2.75, 3.05) is 19.5 Å². The van der Waals surface area contributed by atoms with Crippen molar-refractivity contribution in [3.8, 4) is 22.6 Å². The van der Waals surface area contributed by atoms with E-state index in [0.717, 1.165) is 33.9 Å². The van der Waals surface area contributed by atoms with Crippen molar-refractivity contribution in [1.82, 2.24) is 0 Å². The molecule has 1 atom stereocenters. The summed E-state index contributed by atoms with van der Waals surface area (Å²) in [5.74, 6) is 1.66. The topological polar surface area (TPSA) is 47.6 Å². The summed E-state index contributed by atoms with van der Waals surface area (Å²) in [4.78, 5) is 13.6. The van der Waals surface area contributed by atoms with Crippen LogP contribution in [0.1, 0.15) is 22.8 Å². The molecule has 1 aromatic heterocycles. The summed E-state index contributed by atoms with van der Waals surface area (Å²) in [5, 5.41) is 5.17. The number of methoxy groups -OCH3 is 2. The quantitative estimate of drug-likeness (QED) is 0.715. The molecule has 1 N–H and O–H groups in total. The summed E-state index contributed by atoms with van der Waals surface area (Å²) in [6.07, 6.45) is 0.437. The Labute approximate surface area is 156 Å². The SMILES string of the molecule is COc1cccc([C@H]2CC(=O)Nc3c(-c4ccccc4OC)csc32)c1. The number of rotatable bonds is 4. The third-order valence-electron chi connectivity index (χ3n) is 4.68. The highest BCUT2D eigenvalue weighted by Crippen LogP contribution is 2.48. The van der Waals surface area contributed by atoms with Gasteiger partial charge in [-0.15, -0.1) is 11.3 Å². The van der Waals surface area contributed by atoms with Crippen LogP contribution >= 0.6 is 11.3 Å². The van der Waals surface area contributed by atoms with Crippen molar-refractivity contribution in [3.63, 3.8) is 0 Å². The van der Waals surface area contributed by atoms with Crippen LogP contribution in [0.5, 0.6) is 11.5 Å². The minimum Gasteiger partial charge on any atom is -0.497 e. The van der Waals surface area contributed by atoms with Gasteiger partial charge in [0.25, 0.3) is 0 Å². The zero-order chi connectivity index (χ0) is 18.1. The third-order valence-corrected chi connectivity index (χ3v) is 5.78. The van der Waals surface area contributed by atoms with Crippen molar-refractivity contribution in [2.24, 2.45) is 0 Å². The molecule has 0 bridgehead atoms. The Morgan fingerprint density at radius 2 is 1.88 bits per heavy atom. The molecule has 5 heteroatoms. The maximum absolute atomic E-state index is 12.4. The second kappa shape index (κ2) is 6.84. The lowest BCUT2D eigenvalue weighted by atomic mass is 9.89. The van der Waals surface area contributed by atoms with E-state index >= 15 is 0 Å². The summed E-state index contributed by atoms with van der Waals surface area (Å²) < 4.78 is 10.9. The van der Waals surface area contributed by atoms with E-state index in [0.29, 0.717) is 6.42 Å². The van der Waals surface area contributed by atoms with Gasteiger partial charge in [-0.3, -0.25) is 4.79 Å². The van der Waals surface area contributed by atoms with Crippen molar-refractivity contribution < 1.29 is 14.3 Å². The van der Waals surface area contributed by atoms with Crippen LogP contribution in [0.15, 0.2) is 53.9 Å². The van der Waals surface area contributed by atoms with Crippen LogP contribution in [-0.2, 0) is 4.79 Å². The Balaban J connectivity index is 1.83. The molecule has 0 aliphatic carbocycles. The first-order valence-corrected chi connectivity index (χ1v) is 9.27. The molecule has 132 valence electrons. The second-order valence-corrected chi connectivity index (χ2v) is 7.08. The van der Waals surface area contributed by atoms with Crippen molar-refractivity contribution in [3.05, 3.63) is 64.4 Å². The molecule has 0 fully saturated rings. The molecule has 0 saturated carbocycles. The molecule has 2 aromatic carbocycles. The van der Waals surface area contributed by atoms with Crippen LogP contribution in [-0.4, -0.2) is 20.1 Å². The number of thiophene rings is 1. The highest BCUT2D eigenvalue weighted by Gasteiger charge is 2.31. The van der Waals surface area contributed by atoms with E-state index in [4.69, 9.17) is 9.47 Å². The first-order chi connectivity index (χ1) is 12.7. The first kappa shape index (κ1) is 16.7. The van der Waals surface area contributed by atoms with Crippen LogP contribution in [0.4, 0.5) is 5.69 Å². The van der Waals surface area contributed by atoms with Crippen molar-refractivity contribution >= 4 is 22.9 Å². The van der Waals surface area contributed by atoms with E-state index in [1.165, 1.54) is 4.88 Å². The second-order valence-electron chi connectivity index (χ2n) is 6.17. The fourth-order valence-corrected chi connectivity index (χ4v) is 4.57. The molecule has 0 spiro atoms. The van der Waals surface area contributed by atoms with Crippen molar-refractivity contribution in [1.29, 1.82) is 0 Å². The van der Waals surface area contributed by atoms with E-state index in [-0.39, 0.29) is 11.8 Å². The predicted octanol–water partition coefficient (Wildman–Crippen LogP) is 4.91. The fourth-order valence-electron chi connectivity index (χ4n) is 3.42. The predicted molar refractivity (Wildman–Crippen MR) is 104 cm³/mol. The summed E-state index contributed by atoms with van der Waals surface area (Å²) in [7, 11) is 3.32. The maximum Gasteiger partial charge on any atom is 0.225 e. The van der Waals surface area contributed by atoms with E-state index < -0.39 is 0 Å². The highest BCUT2D eigenvalue weighted by atomic mass is 32.1. The zero-order valence-corrected chi connectivity index (χ0v) is 15.4. The smallest absolute Gasteiger partial charge is 0.225 e. The molecule has 1 amide bonds. The number of carbonyl (C=O) groups excluding carboxylic acids is 1. The molecule has 3 aromatic rings. The molecule has 26 heavy (non-hydrogen) atoms. The van der Waals surface area contributed by atoms with E-state index in [1.807, 2.05) is 42.5 Å². The first-order valence-electron chi connectivity index (χ1n) is 8.40. The van der Waals surface area contributed by atoms with Crippen LogP contribution < -0.4 is 14.8 Å². The minimum atomic E-state index is 0.0277. The number of nitrogens with one attached hydrogen (secondary N) is 1. The lowest BCUT2D eigenvalue weighted by Gasteiger charge is -2.24. The van der Waals surface area contributed by atoms with Gasteiger partial charge in [0.05, 0.1) is 19.9 Å². The van der Waals surface area contributed by atoms with Crippen LogP contribution in [0.3, 0.4) is 0 Å². The molecule has 1 aliphatic rings. The Kier molecular flexibility index (Phi) is 4.39. The molecule has 4 nitrogen and oxygen atoms in total. The van der Waals surface area contributed by atoms with Gasteiger partial charge in [0.15, 0.2) is 0 Å². The van der Waals surface area contributed by atoms with Crippen LogP contribution in [0.25, 0.3) is 11.1 Å². The molecular weight excluding hydrogens is 346 g/mol. The summed E-state index contributed by atoms with van der Waals surface area (Å²) >= 11 is 1.67. The molecular formula is C21H19NO3S. The number of ether oxygens (including phenoxy) is 2. The monoisotopic (exact) mass is 365 g/mol. The molecule has 2 heterocycles. The van der Waals surface area contributed by atoms with E-state index in [9.17, 15) is 4.79 Å². The van der Waals surface area contributed by atoms with Gasteiger partial charge in [-0.05, 0) is 23.8 Å². The van der Waals surface area contributed by atoms with Gasteiger partial charge in [0.1, 0.15) is 11.5 Å². The number of benzene rings is 2. The Morgan fingerprint density at radius 3 is 2.69 bits per heavy atom. The standard InChI is InChI=1S/C21H19NO3S/c1-24-14-7-5-6-13(10-14)16-11-19(23)22-20-17(12-26-21(16)20)15-8-3-4-9-18(15)25-2/h3-10,12,16H,11H2,1-2H3,(H,22,23)/t16-/m1/s1. The number of para-hydroxylation sites is 1. The average Bonchev–Trinajstić information content (AvgIpc) is 3.10. The zero-order valence-electron chi connectivity index (χ0n) is 14.6. The number of anilines is 1. The van der Waals surface area contributed by atoms with Gasteiger partial charge in [0, 0.05) is 33.7 Å². The molecule has 0 saturated heterocycles. The van der Waals surface area contributed by atoms with E-state index in [2.05, 4.69) is 16.8 Å². The minimum absolute atomic E-state index is 0.0277. The van der Waals surface area contributed by atoms with Crippen molar-refractivity contribution in [2.45, 2.75) is 12.3 Å². The lowest BCUT2D eigenvalue weighted by molar-refractivity contribution is -0.116. The van der Waals surface area contributed by atoms with Gasteiger partial charge in [0.2, 0.25) is 5.91 Å². The number of hydrogen-bond donors (Lipinski definition) is 1. The van der Waals surface area contributed by atoms with E-state index in [1.54, 1.807) is 25.6 Å². The third kappa shape index (κ3) is 2.84. The average molecular weight is 365 g/mol. The summed E-state index contributed by atoms with van der Waals surface area (Å²) in [6, 6.07) is 15.8. The largest absolute Gasteiger partial charge is 0.497 e. The van der Waals surface area contributed by atoms with Gasteiger partial charge >= 0.3 is 0 Å². The fraction of sp³-hybridized carbons (Fsp3) is 0.190. The molecule has 0 radical (unpaired) electrons. The number of hydrogen-bond acceptors (Lipinski definition) is 4. The van der Waals surface area contributed by atoms with Gasteiger partial charge < -0.3 is 14.8 Å². The number of fused-ring (bicyclic) bond motifs is 1. The van der Waals surface area contributed by atoms with Crippen LogP contribution in [0, 0.1) is 0 Å². The number of amides is 1. The Bertz CT molecular complexity index is 963. The van der Waals surface area contributed by atoms with Gasteiger partial charge in [-0.25, -0.2) is 0 Å². The van der Waals surface area contributed by atoms with Crippen LogP contribution in [0.2, 0.25) is 0 Å².